The first-order valence-electron chi connectivity index (χ1n) is 6.98. The van der Waals surface area contributed by atoms with Gasteiger partial charge in [-0.05, 0) is 31.9 Å². The lowest BCUT2D eigenvalue weighted by Crippen LogP contribution is -2.42. The molecule has 1 aliphatic rings. The number of nitrogens with zero attached hydrogens (tertiary/aromatic N) is 2. The third-order valence-corrected chi connectivity index (χ3v) is 6.23. The molecule has 0 unspecified atom stereocenters. The van der Waals surface area contributed by atoms with Crippen LogP contribution < -0.4 is 5.43 Å². The zero-order valence-electron chi connectivity index (χ0n) is 12.2. The predicted molar refractivity (Wildman–Crippen MR) is 83.8 cm³/mol. The fourth-order valence-electron chi connectivity index (χ4n) is 2.23. The second-order valence-corrected chi connectivity index (χ2v) is 8.27. The van der Waals surface area contributed by atoms with E-state index < -0.39 is 10.0 Å². The Morgan fingerprint density at radius 1 is 1.50 bits per heavy atom. The van der Waals surface area contributed by atoms with Gasteiger partial charge in [-0.2, -0.15) is 9.49 Å². The Bertz CT molecular complexity index is 649. The molecule has 0 radical (unpaired) electrons. The fourth-order valence-corrected chi connectivity index (χ4v) is 3.96. The number of sulfonamides is 1. The summed E-state index contributed by atoms with van der Waals surface area (Å²) in [5.41, 5.74) is 2.42. The van der Waals surface area contributed by atoms with Crippen molar-refractivity contribution < 1.29 is 17.6 Å². The highest BCUT2D eigenvalue weighted by molar-refractivity contribution is 7.89. The van der Waals surface area contributed by atoms with Crippen molar-refractivity contribution in [1.82, 2.24) is 9.73 Å². The molecule has 0 atom stereocenters. The summed E-state index contributed by atoms with van der Waals surface area (Å²) in [6.07, 6.45) is 2.35. The molecule has 1 N–H and O–H groups in total. The van der Waals surface area contributed by atoms with Crippen LogP contribution in [-0.4, -0.2) is 43.7 Å². The molecule has 1 aromatic rings. The number of amides is 1. The summed E-state index contributed by atoms with van der Waals surface area (Å²) >= 11 is 0.940. The summed E-state index contributed by atoms with van der Waals surface area (Å²) in [6, 6.07) is 2.90. The average Bonchev–Trinajstić information content (AvgIpc) is 2.93. The predicted octanol–water partition coefficient (Wildman–Crippen LogP) is 1.40. The van der Waals surface area contributed by atoms with E-state index in [2.05, 4.69) is 10.5 Å². The van der Waals surface area contributed by atoms with Crippen LogP contribution in [0, 0.1) is 11.0 Å². The van der Waals surface area contributed by atoms with E-state index in [1.807, 2.05) is 0 Å². The zero-order valence-corrected chi connectivity index (χ0v) is 13.8. The lowest BCUT2D eigenvalue weighted by atomic mass is 9.98. The summed E-state index contributed by atoms with van der Waals surface area (Å²) in [4.78, 5) is 12.6. The SMILES string of the molecule is CCS(=O)(=O)N1CCC(C(=O)N/N=C\c2ccc(F)s2)CC1. The Morgan fingerprint density at radius 2 is 2.18 bits per heavy atom. The van der Waals surface area contributed by atoms with E-state index in [1.54, 1.807) is 13.0 Å². The van der Waals surface area contributed by atoms with E-state index in [0.717, 1.165) is 11.3 Å². The number of nitrogens with one attached hydrogen (secondary N) is 1. The van der Waals surface area contributed by atoms with Crippen molar-refractivity contribution in [3.8, 4) is 0 Å². The van der Waals surface area contributed by atoms with Gasteiger partial charge in [0, 0.05) is 19.0 Å². The van der Waals surface area contributed by atoms with Crippen LogP contribution in [0.15, 0.2) is 17.2 Å². The molecule has 2 heterocycles. The number of halogens is 1. The van der Waals surface area contributed by atoms with Crippen molar-refractivity contribution in [2.45, 2.75) is 19.8 Å². The molecule has 1 amide bonds. The van der Waals surface area contributed by atoms with Crippen LogP contribution in [0.1, 0.15) is 24.6 Å². The van der Waals surface area contributed by atoms with E-state index in [9.17, 15) is 17.6 Å². The molecule has 1 saturated heterocycles. The number of hydrazone groups is 1. The highest BCUT2D eigenvalue weighted by Crippen LogP contribution is 2.20. The van der Waals surface area contributed by atoms with Gasteiger partial charge < -0.3 is 0 Å². The molecule has 6 nitrogen and oxygen atoms in total. The number of piperidine rings is 1. The largest absolute Gasteiger partial charge is 0.273 e. The van der Waals surface area contributed by atoms with Crippen molar-refractivity contribution in [1.29, 1.82) is 0 Å². The molecule has 1 aliphatic heterocycles. The van der Waals surface area contributed by atoms with Gasteiger partial charge in [-0.3, -0.25) is 4.79 Å². The van der Waals surface area contributed by atoms with Gasteiger partial charge in [-0.15, -0.1) is 11.3 Å². The number of carbonyl (C=O) groups is 1. The Labute approximate surface area is 133 Å². The normalized spacial score (nSPS) is 17.9. The topological polar surface area (TPSA) is 78.8 Å². The van der Waals surface area contributed by atoms with Crippen LogP contribution in [0.3, 0.4) is 0 Å². The van der Waals surface area contributed by atoms with Gasteiger partial charge >= 0.3 is 0 Å². The Balaban J connectivity index is 1.81. The molecule has 0 aromatic carbocycles. The van der Waals surface area contributed by atoms with Crippen LogP contribution in [0.2, 0.25) is 0 Å². The smallest absolute Gasteiger partial charge is 0.243 e. The molecule has 0 spiro atoms. The van der Waals surface area contributed by atoms with Gasteiger partial charge in [0.05, 0.1) is 16.8 Å². The minimum absolute atomic E-state index is 0.0749. The third-order valence-electron chi connectivity index (χ3n) is 3.54. The maximum atomic E-state index is 12.8. The Hall–Kier alpha value is -1.32. The molecular formula is C13H18FN3O3S2. The van der Waals surface area contributed by atoms with Gasteiger partial charge in [0.15, 0.2) is 5.13 Å². The molecule has 0 aliphatic carbocycles. The number of thiophene rings is 1. The van der Waals surface area contributed by atoms with Crippen molar-refractivity contribution in [2.24, 2.45) is 11.0 Å². The quantitative estimate of drug-likeness (QED) is 0.646. The second kappa shape index (κ2) is 7.30. The minimum atomic E-state index is -3.18. The second-order valence-electron chi connectivity index (χ2n) is 4.95. The lowest BCUT2D eigenvalue weighted by molar-refractivity contribution is -0.126. The van der Waals surface area contributed by atoms with Gasteiger partial charge in [-0.25, -0.2) is 18.1 Å². The Kier molecular flexibility index (Phi) is 5.65. The molecule has 0 bridgehead atoms. The van der Waals surface area contributed by atoms with E-state index in [0.29, 0.717) is 30.8 Å². The minimum Gasteiger partial charge on any atom is -0.273 e. The third kappa shape index (κ3) is 4.34. The van der Waals surface area contributed by atoms with Crippen molar-refractivity contribution in [3.05, 3.63) is 22.1 Å². The first kappa shape index (κ1) is 17.0. The summed E-state index contributed by atoms with van der Waals surface area (Å²) in [6.45, 7) is 2.32. The first-order chi connectivity index (χ1) is 10.4. The van der Waals surface area contributed by atoms with Crippen molar-refractivity contribution in [3.63, 3.8) is 0 Å². The van der Waals surface area contributed by atoms with E-state index in [4.69, 9.17) is 0 Å². The first-order valence-corrected chi connectivity index (χ1v) is 9.41. The molecule has 1 fully saturated rings. The molecule has 0 saturated carbocycles. The number of hydrogen-bond donors (Lipinski definition) is 1. The standard InChI is InChI=1S/C13H18FN3O3S2/c1-2-22(19,20)17-7-5-10(6-8-17)13(18)16-15-9-11-3-4-12(14)21-11/h3-4,9-10H,2,5-8H2,1H3,(H,16,18)/b15-9-. The molecule has 22 heavy (non-hydrogen) atoms. The molecule has 2 rings (SSSR count). The van der Waals surface area contributed by atoms with E-state index in [1.165, 1.54) is 16.6 Å². The maximum absolute atomic E-state index is 12.8. The summed E-state index contributed by atoms with van der Waals surface area (Å²) in [7, 11) is -3.18. The van der Waals surface area contributed by atoms with Crippen LogP contribution in [0.5, 0.6) is 0 Å². The van der Waals surface area contributed by atoms with Crippen molar-refractivity contribution >= 4 is 33.5 Å². The van der Waals surface area contributed by atoms with Gasteiger partial charge in [0.25, 0.3) is 0 Å². The zero-order chi connectivity index (χ0) is 16.2. The van der Waals surface area contributed by atoms with Crippen LogP contribution in [0.4, 0.5) is 4.39 Å². The van der Waals surface area contributed by atoms with Gasteiger partial charge in [-0.1, -0.05) is 0 Å². The van der Waals surface area contributed by atoms with Crippen molar-refractivity contribution in [2.75, 3.05) is 18.8 Å². The van der Waals surface area contributed by atoms with E-state index >= 15 is 0 Å². The summed E-state index contributed by atoms with van der Waals surface area (Å²) < 4.78 is 37.7. The van der Waals surface area contributed by atoms with Gasteiger partial charge in [0.2, 0.25) is 15.9 Å². The maximum Gasteiger partial charge on any atom is 0.243 e. The van der Waals surface area contributed by atoms with Gasteiger partial charge in [0.1, 0.15) is 0 Å². The van der Waals surface area contributed by atoms with Crippen LogP contribution >= 0.6 is 11.3 Å². The average molecular weight is 347 g/mol. The Morgan fingerprint density at radius 3 is 2.73 bits per heavy atom. The number of carbonyl (C=O) groups excluding carboxylic acids is 1. The summed E-state index contributed by atoms with van der Waals surface area (Å²) in [5, 5.41) is 3.49. The number of rotatable bonds is 5. The molecule has 1 aromatic heterocycles. The lowest BCUT2D eigenvalue weighted by Gasteiger charge is -2.29. The fraction of sp³-hybridized carbons (Fsp3) is 0.538. The van der Waals surface area contributed by atoms with Crippen LogP contribution in [0.25, 0.3) is 0 Å². The number of hydrogen-bond acceptors (Lipinski definition) is 5. The summed E-state index contributed by atoms with van der Waals surface area (Å²) in [5.74, 6) is -0.409. The molecule has 122 valence electrons. The highest BCUT2D eigenvalue weighted by Gasteiger charge is 2.29. The monoisotopic (exact) mass is 347 g/mol. The molecule has 9 heteroatoms. The van der Waals surface area contributed by atoms with Crippen LogP contribution in [-0.2, 0) is 14.8 Å². The molecular weight excluding hydrogens is 329 g/mol. The highest BCUT2D eigenvalue weighted by atomic mass is 32.2. The van der Waals surface area contributed by atoms with E-state index in [-0.39, 0.29) is 22.7 Å².